The Labute approximate surface area is 90.5 Å². The maximum atomic E-state index is 6.01. The van der Waals surface area contributed by atoms with Crippen molar-refractivity contribution in [2.24, 2.45) is 0 Å². The molecule has 3 rings (SSSR count). The van der Waals surface area contributed by atoms with E-state index < -0.39 is 0 Å². The Balaban J connectivity index is 1.89. The van der Waals surface area contributed by atoms with Gasteiger partial charge in [0.25, 0.3) is 0 Å². The van der Waals surface area contributed by atoms with E-state index in [0.717, 1.165) is 18.3 Å². The Hall–Kier alpha value is -1.22. The zero-order valence-electron chi connectivity index (χ0n) is 9.06. The highest BCUT2D eigenvalue weighted by Gasteiger charge is 2.41. The number of benzene rings is 1. The molecule has 2 atom stereocenters. The van der Waals surface area contributed by atoms with Gasteiger partial charge in [0.1, 0.15) is 0 Å². The second-order valence-corrected chi connectivity index (χ2v) is 4.69. The zero-order chi connectivity index (χ0) is 10.4. The Morgan fingerprint density at radius 1 is 1.20 bits per heavy atom. The highest BCUT2D eigenvalue weighted by Crippen LogP contribution is 2.35. The van der Waals surface area contributed by atoms with Crippen molar-refractivity contribution in [3.05, 3.63) is 24.3 Å². The molecule has 1 aromatic rings. The van der Waals surface area contributed by atoms with Gasteiger partial charge in [-0.15, -0.1) is 0 Å². The van der Waals surface area contributed by atoms with Gasteiger partial charge >= 0.3 is 0 Å². The van der Waals surface area contributed by atoms with Crippen molar-refractivity contribution in [3.63, 3.8) is 0 Å². The number of nitrogen functional groups attached to an aromatic ring is 1. The maximum Gasteiger partial charge on any atom is 0.0603 e. The Morgan fingerprint density at radius 2 is 2.00 bits per heavy atom. The lowest BCUT2D eigenvalue weighted by molar-refractivity contribution is 0.293. The molecule has 0 radical (unpaired) electrons. The molecule has 3 heteroatoms. The lowest BCUT2D eigenvalue weighted by Gasteiger charge is -2.34. The molecule has 2 unspecified atom stereocenters. The normalized spacial score (nSPS) is 30.1. The number of nitrogens with zero attached hydrogens (tertiary/aromatic N) is 2. The molecule has 2 fully saturated rings. The fourth-order valence-corrected chi connectivity index (χ4v) is 2.91. The fourth-order valence-electron chi connectivity index (χ4n) is 2.91. The van der Waals surface area contributed by atoms with Crippen LogP contribution in [0.15, 0.2) is 24.3 Å². The summed E-state index contributed by atoms with van der Waals surface area (Å²) in [5.74, 6) is 0. The van der Waals surface area contributed by atoms with E-state index in [9.17, 15) is 0 Å². The maximum absolute atomic E-state index is 6.01. The highest BCUT2D eigenvalue weighted by atomic mass is 15.3. The summed E-state index contributed by atoms with van der Waals surface area (Å²) in [5.41, 5.74) is 8.14. The summed E-state index contributed by atoms with van der Waals surface area (Å²) < 4.78 is 0. The minimum absolute atomic E-state index is 0.671. The molecule has 2 saturated heterocycles. The number of nitrogens with two attached hydrogens (primary N) is 1. The number of likely N-dealkylation sites (tertiary alicyclic amines) is 1. The van der Waals surface area contributed by atoms with Crippen molar-refractivity contribution >= 4 is 11.4 Å². The second-order valence-electron chi connectivity index (χ2n) is 4.69. The van der Waals surface area contributed by atoms with E-state index in [-0.39, 0.29) is 0 Å². The Kier molecular flexibility index (Phi) is 1.89. The van der Waals surface area contributed by atoms with E-state index in [1.54, 1.807) is 0 Å². The summed E-state index contributed by atoms with van der Waals surface area (Å²) in [5, 5.41) is 0. The standard InChI is InChI=1S/C12H17N3/c1-14-7-10-6-9(14)8-15(10)12-5-3-2-4-11(12)13/h2-5,9-10H,6-8,13H2,1H3. The molecule has 2 bridgehead atoms. The van der Waals surface area contributed by atoms with E-state index in [4.69, 9.17) is 5.73 Å². The largest absolute Gasteiger partial charge is 0.397 e. The Morgan fingerprint density at radius 3 is 2.60 bits per heavy atom. The lowest BCUT2D eigenvalue weighted by atomic mass is 10.2. The molecule has 3 nitrogen and oxygen atoms in total. The average molecular weight is 203 g/mol. The molecule has 0 aromatic heterocycles. The lowest BCUT2D eigenvalue weighted by Crippen LogP contribution is -2.44. The molecule has 0 spiro atoms. The molecule has 2 N–H and O–H groups in total. The molecule has 2 heterocycles. The van der Waals surface area contributed by atoms with Crippen molar-refractivity contribution < 1.29 is 0 Å². The number of piperazine rings is 1. The van der Waals surface area contributed by atoms with Crippen LogP contribution in [0.2, 0.25) is 0 Å². The van der Waals surface area contributed by atoms with Crippen LogP contribution in [0.3, 0.4) is 0 Å². The minimum atomic E-state index is 0.671. The van der Waals surface area contributed by atoms with Gasteiger partial charge in [-0.25, -0.2) is 0 Å². The van der Waals surface area contributed by atoms with E-state index in [2.05, 4.69) is 29.0 Å². The van der Waals surface area contributed by atoms with E-state index in [0.29, 0.717) is 6.04 Å². The highest BCUT2D eigenvalue weighted by molar-refractivity contribution is 5.68. The van der Waals surface area contributed by atoms with Gasteiger partial charge in [-0.2, -0.15) is 0 Å². The summed E-state index contributed by atoms with van der Waals surface area (Å²) in [6, 6.07) is 9.60. The summed E-state index contributed by atoms with van der Waals surface area (Å²) in [6.45, 7) is 2.31. The third-order valence-electron chi connectivity index (χ3n) is 3.76. The molecular formula is C12H17N3. The van der Waals surface area contributed by atoms with Crippen LogP contribution in [0.25, 0.3) is 0 Å². The van der Waals surface area contributed by atoms with Crippen LogP contribution >= 0.6 is 0 Å². The zero-order valence-corrected chi connectivity index (χ0v) is 9.06. The first-order chi connectivity index (χ1) is 7.25. The number of hydrogen-bond acceptors (Lipinski definition) is 3. The van der Waals surface area contributed by atoms with Crippen molar-refractivity contribution in [2.45, 2.75) is 18.5 Å². The monoisotopic (exact) mass is 203 g/mol. The number of hydrogen-bond donors (Lipinski definition) is 1. The minimum Gasteiger partial charge on any atom is -0.397 e. The first kappa shape index (κ1) is 9.04. The number of rotatable bonds is 1. The van der Waals surface area contributed by atoms with Crippen LogP contribution in [0.4, 0.5) is 11.4 Å². The molecule has 0 amide bonds. The average Bonchev–Trinajstić information content (AvgIpc) is 2.77. The third-order valence-corrected chi connectivity index (χ3v) is 3.76. The molecule has 1 aromatic carbocycles. The number of fused-ring (bicyclic) bond motifs is 2. The van der Waals surface area contributed by atoms with E-state index in [1.165, 1.54) is 18.7 Å². The van der Waals surface area contributed by atoms with Gasteiger partial charge in [-0.3, -0.25) is 4.90 Å². The van der Waals surface area contributed by atoms with Crippen molar-refractivity contribution in [3.8, 4) is 0 Å². The van der Waals surface area contributed by atoms with Crippen LogP contribution in [0.5, 0.6) is 0 Å². The van der Waals surface area contributed by atoms with Crippen LogP contribution in [0.1, 0.15) is 6.42 Å². The molecule has 15 heavy (non-hydrogen) atoms. The van der Waals surface area contributed by atoms with Crippen LogP contribution in [-0.2, 0) is 0 Å². The van der Waals surface area contributed by atoms with Crippen LogP contribution in [0, 0.1) is 0 Å². The Bertz CT molecular complexity index is 375. The van der Waals surface area contributed by atoms with Gasteiger partial charge in [-0.05, 0) is 25.6 Å². The molecule has 80 valence electrons. The first-order valence-corrected chi connectivity index (χ1v) is 5.57. The first-order valence-electron chi connectivity index (χ1n) is 5.57. The van der Waals surface area contributed by atoms with Gasteiger partial charge < -0.3 is 10.6 Å². The van der Waals surface area contributed by atoms with Gasteiger partial charge in [-0.1, -0.05) is 12.1 Å². The molecule has 2 aliphatic heterocycles. The SMILES string of the molecule is CN1CC2CC1CN2c1ccccc1N. The van der Waals surface area contributed by atoms with Gasteiger partial charge in [0.05, 0.1) is 11.4 Å². The summed E-state index contributed by atoms with van der Waals surface area (Å²) >= 11 is 0. The molecule has 0 aliphatic carbocycles. The molecule has 0 saturated carbocycles. The second kappa shape index (κ2) is 3.14. The summed E-state index contributed by atoms with van der Waals surface area (Å²) in [7, 11) is 2.22. The quantitative estimate of drug-likeness (QED) is 0.695. The van der Waals surface area contributed by atoms with Crippen LogP contribution < -0.4 is 10.6 Å². The predicted molar refractivity (Wildman–Crippen MR) is 63.0 cm³/mol. The number of para-hydroxylation sites is 2. The van der Waals surface area contributed by atoms with Crippen LogP contribution in [-0.4, -0.2) is 37.1 Å². The molecular weight excluding hydrogens is 186 g/mol. The van der Waals surface area contributed by atoms with Gasteiger partial charge in [0.2, 0.25) is 0 Å². The van der Waals surface area contributed by atoms with Crippen molar-refractivity contribution in [2.75, 3.05) is 30.8 Å². The third kappa shape index (κ3) is 1.30. The molecule has 2 aliphatic rings. The number of anilines is 2. The fraction of sp³-hybridized carbons (Fsp3) is 0.500. The summed E-state index contributed by atoms with van der Waals surface area (Å²) in [4.78, 5) is 4.93. The van der Waals surface area contributed by atoms with E-state index >= 15 is 0 Å². The van der Waals surface area contributed by atoms with Crippen molar-refractivity contribution in [1.82, 2.24) is 4.90 Å². The van der Waals surface area contributed by atoms with Gasteiger partial charge in [0, 0.05) is 25.2 Å². The topological polar surface area (TPSA) is 32.5 Å². The van der Waals surface area contributed by atoms with Gasteiger partial charge in [0.15, 0.2) is 0 Å². The summed E-state index contributed by atoms with van der Waals surface area (Å²) in [6.07, 6.45) is 1.30. The van der Waals surface area contributed by atoms with E-state index in [1.807, 2.05) is 12.1 Å². The number of likely N-dealkylation sites (N-methyl/N-ethyl adjacent to an activating group) is 1. The predicted octanol–water partition coefficient (Wildman–Crippen LogP) is 1.16. The smallest absolute Gasteiger partial charge is 0.0603 e. The van der Waals surface area contributed by atoms with Crippen molar-refractivity contribution in [1.29, 1.82) is 0 Å².